The normalized spacial score (nSPS) is 23.6. The van der Waals surface area contributed by atoms with Gasteiger partial charge in [-0.15, -0.1) is 0 Å². The lowest BCUT2D eigenvalue weighted by molar-refractivity contribution is -0.132. The van der Waals surface area contributed by atoms with Crippen LogP contribution in [0.1, 0.15) is 12.0 Å². The number of aliphatic hydroxyl groups excluding tert-OH is 1. The maximum absolute atomic E-state index is 12.0. The summed E-state index contributed by atoms with van der Waals surface area (Å²) in [6.07, 6.45) is 0.117. The van der Waals surface area contributed by atoms with Gasteiger partial charge < -0.3 is 15.3 Å². The van der Waals surface area contributed by atoms with E-state index in [1.54, 1.807) is 11.9 Å². The number of rotatable bonds is 3. The fourth-order valence-corrected chi connectivity index (χ4v) is 2.11. The number of nitrogens with one attached hydrogen (secondary N) is 1. The lowest BCUT2D eigenvalue weighted by atomic mass is 10.1. The highest BCUT2D eigenvalue weighted by atomic mass is 16.3. The van der Waals surface area contributed by atoms with Gasteiger partial charge in [0.05, 0.1) is 12.1 Å². The molecule has 1 aromatic carbocycles. The van der Waals surface area contributed by atoms with Gasteiger partial charge >= 0.3 is 0 Å². The zero-order valence-corrected chi connectivity index (χ0v) is 9.97. The maximum atomic E-state index is 12.0. The molecule has 1 heterocycles. The molecule has 0 spiro atoms. The van der Waals surface area contributed by atoms with Gasteiger partial charge in [0.1, 0.15) is 0 Å². The van der Waals surface area contributed by atoms with Crippen LogP contribution in [0.25, 0.3) is 0 Å². The maximum Gasteiger partial charge on any atom is 0.239 e. The highest BCUT2D eigenvalue weighted by Gasteiger charge is 2.29. The van der Waals surface area contributed by atoms with Crippen LogP contribution in [0.4, 0.5) is 0 Å². The molecule has 2 rings (SSSR count). The number of hydrogen-bond acceptors (Lipinski definition) is 3. The molecule has 2 N–H and O–H groups in total. The van der Waals surface area contributed by atoms with Crippen LogP contribution in [-0.4, -0.2) is 41.7 Å². The molecule has 2 atom stereocenters. The average molecular weight is 234 g/mol. The molecule has 1 aromatic rings. The molecule has 1 fully saturated rings. The summed E-state index contributed by atoms with van der Waals surface area (Å²) in [5.74, 6) is 0.0467. The second-order valence-corrected chi connectivity index (χ2v) is 4.53. The summed E-state index contributed by atoms with van der Waals surface area (Å²) in [6, 6.07) is 9.65. The van der Waals surface area contributed by atoms with Gasteiger partial charge in [-0.05, 0) is 12.0 Å². The van der Waals surface area contributed by atoms with Crippen molar-refractivity contribution in [2.24, 2.45) is 0 Å². The molecule has 0 saturated carbocycles. The Balaban J connectivity index is 1.92. The van der Waals surface area contributed by atoms with E-state index in [4.69, 9.17) is 0 Å². The van der Waals surface area contributed by atoms with Gasteiger partial charge in [0.2, 0.25) is 5.91 Å². The fourth-order valence-electron chi connectivity index (χ4n) is 2.11. The molecule has 0 radical (unpaired) electrons. The second kappa shape index (κ2) is 5.29. The first kappa shape index (κ1) is 12.1. The van der Waals surface area contributed by atoms with E-state index >= 15 is 0 Å². The van der Waals surface area contributed by atoms with Gasteiger partial charge in [-0.1, -0.05) is 30.3 Å². The minimum Gasteiger partial charge on any atom is -0.392 e. The molecule has 0 bridgehead atoms. The minimum atomic E-state index is -0.394. The molecule has 4 nitrogen and oxygen atoms in total. The first-order valence-electron chi connectivity index (χ1n) is 5.87. The van der Waals surface area contributed by atoms with Crippen LogP contribution in [-0.2, 0) is 11.3 Å². The van der Waals surface area contributed by atoms with Crippen molar-refractivity contribution in [2.45, 2.75) is 25.1 Å². The van der Waals surface area contributed by atoms with Crippen LogP contribution >= 0.6 is 0 Å². The number of amides is 1. The molecule has 1 amide bonds. The van der Waals surface area contributed by atoms with Crippen LogP contribution < -0.4 is 5.32 Å². The third kappa shape index (κ3) is 3.05. The van der Waals surface area contributed by atoms with Crippen molar-refractivity contribution in [1.82, 2.24) is 10.2 Å². The summed E-state index contributed by atoms with van der Waals surface area (Å²) >= 11 is 0. The SMILES string of the molecule is CN(Cc1ccccc1)C(=O)[C@@H]1CC(O)CN1. The zero-order chi connectivity index (χ0) is 12.3. The summed E-state index contributed by atoms with van der Waals surface area (Å²) in [5.41, 5.74) is 1.11. The predicted octanol–water partition coefficient (Wildman–Crippen LogP) is 0.368. The number of likely N-dealkylation sites (N-methyl/N-ethyl adjacent to an activating group) is 1. The number of nitrogens with zero attached hydrogens (tertiary/aromatic N) is 1. The molecular weight excluding hydrogens is 216 g/mol. The Morgan fingerprint density at radius 2 is 2.18 bits per heavy atom. The van der Waals surface area contributed by atoms with E-state index in [1.807, 2.05) is 30.3 Å². The third-order valence-electron chi connectivity index (χ3n) is 3.04. The van der Waals surface area contributed by atoms with E-state index in [0.29, 0.717) is 19.5 Å². The van der Waals surface area contributed by atoms with E-state index in [1.165, 1.54) is 0 Å². The fraction of sp³-hybridized carbons (Fsp3) is 0.462. The molecule has 1 saturated heterocycles. The van der Waals surface area contributed by atoms with Crippen molar-refractivity contribution >= 4 is 5.91 Å². The molecule has 17 heavy (non-hydrogen) atoms. The van der Waals surface area contributed by atoms with Gasteiger partial charge in [-0.3, -0.25) is 4.79 Å². The van der Waals surface area contributed by atoms with E-state index in [2.05, 4.69) is 5.32 Å². The molecule has 1 aliphatic heterocycles. The Hall–Kier alpha value is -1.39. The Labute approximate surface area is 101 Å². The number of β-amino-alcohol motifs (C(OH)–C–C–N with tert-alkyl or cyclic N) is 1. The lowest BCUT2D eigenvalue weighted by Gasteiger charge is -2.21. The molecule has 1 unspecified atom stereocenters. The Morgan fingerprint density at radius 1 is 1.47 bits per heavy atom. The average Bonchev–Trinajstić information content (AvgIpc) is 2.76. The van der Waals surface area contributed by atoms with Crippen LogP contribution in [0, 0.1) is 0 Å². The summed E-state index contributed by atoms with van der Waals surface area (Å²) in [5, 5.41) is 12.4. The molecule has 4 heteroatoms. The van der Waals surface area contributed by atoms with E-state index in [-0.39, 0.29) is 11.9 Å². The number of carbonyl (C=O) groups is 1. The van der Waals surface area contributed by atoms with Crippen LogP contribution in [0.2, 0.25) is 0 Å². The van der Waals surface area contributed by atoms with E-state index in [0.717, 1.165) is 5.56 Å². The van der Waals surface area contributed by atoms with Crippen molar-refractivity contribution in [3.8, 4) is 0 Å². The predicted molar refractivity (Wildman–Crippen MR) is 65.3 cm³/mol. The molecule has 92 valence electrons. The number of carbonyl (C=O) groups excluding carboxylic acids is 1. The number of hydrogen-bond donors (Lipinski definition) is 2. The van der Waals surface area contributed by atoms with Crippen LogP contribution in [0.3, 0.4) is 0 Å². The first-order chi connectivity index (χ1) is 8.16. The molecular formula is C13H18N2O2. The van der Waals surface area contributed by atoms with E-state index < -0.39 is 6.10 Å². The second-order valence-electron chi connectivity index (χ2n) is 4.53. The van der Waals surface area contributed by atoms with Crippen molar-refractivity contribution in [3.05, 3.63) is 35.9 Å². The van der Waals surface area contributed by atoms with Crippen LogP contribution in [0.15, 0.2) is 30.3 Å². The quantitative estimate of drug-likeness (QED) is 0.794. The minimum absolute atomic E-state index is 0.0467. The largest absolute Gasteiger partial charge is 0.392 e. The summed E-state index contributed by atoms with van der Waals surface area (Å²) in [4.78, 5) is 13.7. The summed E-state index contributed by atoms with van der Waals surface area (Å²) < 4.78 is 0. The van der Waals surface area contributed by atoms with Gasteiger partial charge in [0, 0.05) is 20.1 Å². The van der Waals surface area contributed by atoms with Gasteiger partial charge in [-0.25, -0.2) is 0 Å². The summed E-state index contributed by atoms with van der Waals surface area (Å²) in [7, 11) is 1.79. The van der Waals surface area contributed by atoms with Crippen LogP contribution in [0.5, 0.6) is 0 Å². The van der Waals surface area contributed by atoms with Crippen molar-refractivity contribution in [2.75, 3.05) is 13.6 Å². The molecule has 0 aliphatic carbocycles. The standard InChI is InChI=1S/C13H18N2O2/c1-15(9-10-5-3-2-4-6-10)13(17)12-7-11(16)8-14-12/h2-6,11-12,14,16H,7-9H2,1H3/t11?,12-/m0/s1. The zero-order valence-electron chi connectivity index (χ0n) is 9.97. The summed E-state index contributed by atoms with van der Waals surface area (Å²) in [6.45, 7) is 1.11. The topological polar surface area (TPSA) is 52.6 Å². The van der Waals surface area contributed by atoms with Crippen molar-refractivity contribution in [3.63, 3.8) is 0 Å². The third-order valence-corrected chi connectivity index (χ3v) is 3.04. The lowest BCUT2D eigenvalue weighted by Crippen LogP contribution is -2.41. The highest BCUT2D eigenvalue weighted by molar-refractivity contribution is 5.82. The monoisotopic (exact) mass is 234 g/mol. The highest BCUT2D eigenvalue weighted by Crippen LogP contribution is 2.11. The van der Waals surface area contributed by atoms with Gasteiger partial charge in [-0.2, -0.15) is 0 Å². The Morgan fingerprint density at radius 3 is 2.76 bits per heavy atom. The van der Waals surface area contributed by atoms with E-state index in [9.17, 15) is 9.90 Å². The Kier molecular flexibility index (Phi) is 3.76. The number of benzene rings is 1. The van der Waals surface area contributed by atoms with Crippen molar-refractivity contribution < 1.29 is 9.90 Å². The molecule has 0 aromatic heterocycles. The molecule has 1 aliphatic rings. The van der Waals surface area contributed by atoms with Crippen molar-refractivity contribution in [1.29, 1.82) is 0 Å². The van der Waals surface area contributed by atoms with Gasteiger partial charge in [0.25, 0.3) is 0 Å². The number of aliphatic hydroxyl groups is 1. The van der Waals surface area contributed by atoms with Gasteiger partial charge in [0.15, 0.2) is 0 Å². The smallest absolute Gasteiger partial charge is 0.239 e. The first-order valence-corrected chi connectivity index (χ1v) is 5.87. The Bertz CT molecular complexity index is 380.